The second-order valence-corrected chi connectivity index (χ2v) is 3.27. The highest BCUT2D eigenvalue weighted by atomic mass is 32.1. The summed E-state index contributed by atoms with van der Waals surface area (Å²) in [6, 6.07) is 1.75. The molecule has 0 fully saturated rings. The van der Waals surface area contributed by atoms with Crippen molar-refractivity contribution in [1.29, 1.82) is 0 Å². The van der Waals surface area contributed by atoms with E-state index < -0.39 is 5.97 Å². The van der Waals surface area contributed by atoms with Crippen LogP contribution in [0.25, 0.3) is 5.13 Å². The second kappa shape index (κ2) is 2.98. The van der Waals surface area contributed by atoms with Gasteiger partial charge in [-0.15, -0.1) is 0 Å². The van der Waals surface area contributed by atoms with Crippen molar-refractivity contribution in [3.8, 4) is 5.13 Å². The molecule has 1 N–H and O–H groups in total. The highest BCUT2D eigenvalue weighted by Crippen LogP contribution is 2.15. The van der Waals surface area contributed by atoms with Gasteiger partial charge in [0.2, 0.25) is 5.13 Å². The number of nitrogens with zero attached hydrogens (tertiary/aromatic N) is 3. The van der Waals surface area contributed by atoms with Crippen LogP contribution in [0.5, 0.6) is 0 Å². The Labute approximate surface area is 77.3 Å². The van der Waals surface area contributed by atoms with Gasteiger partial charge in [-0.05, 0) is 6.07 Å². The van der Waals surface area contributed by atoms with Crippen LogP contribution in [-0.4, -0.2) is 25.8 Å². The van der Waals surface area contributed by atoms with Crippen LogP contribution in [-0.2, 0) is 0 Å². The molecule has 2 heterocycles. The third-order valence-electron chi connectivity index (χ3n) is 1.40. The first-order valence-corrected chi connectivity index (χ1v) is 4.28. The summed E-state index contributed by atoms with van der Waals surface area (Å²) < 4.78 is 1.52. The fourth-order valence-electron chi connectivity index (χ4n) is 0.852. The maximum absolute atomic E-state index is 10.5. The van der Waals surface area contributed by atoms with Crippen LogP contribution in [0.3, 0.4) is 0 Å². The molecule has 5 nitrogen and oxygen atoms in total. The zero-order chi connectivity index (χ0) is 9.26. The summed E-state index contributed by atoms with van der Waals surface area (Å²) in [6.07, 6.45) is 4.65. The number of carbonyl (C=O) groups is 1. The van der Waals surface area contributed by atoms with E-state index in [-0.39, 0.29) is 4.88 Å². The van der Waals surface area contributed by atoms with Crippen LogP contribution in [0.4, 0.5) is 0 Å². The summed E-state index contributed by atoms with van der Waals surface area (Å²) in [5, 5.41) is 13.1. The molecule has 0 unspecified atom stereocenters. The van der Waals surface area contributed by atoms with E-state index in [1.807, 2.05) is 0 Å². The number of aromatic nitrogens is 3. The fourth-order valence-corrected chi connectivity index (χ4v) is 1.55. The van der Waals surface area contributed by atoms with Gasteiger partial charge in [0, 0.05) is 12.4 Å². The molecule has 2 aromatic rings. The van der Waals surface area contributed by atoms with Crippen LogP contribution in [0, 0.1) is 0 Å². The Balaban J connectivity index is 2.39. The van der Waals surface area contributed by atoms with Crippen LogP contribution in [0.1, 0.15) is 9.67 Å². The minimum Gasteiger partial charge on any atom is -0.477 e. The summed E-state index contributed by atoms with van der Waals surface area (Å²) in [6.45, 7) is 0. The lowest BCUT2D eigenvalue weighted by molar-refractivity contribution is 0.0702. The first-order chi connectivity index (χ1) is 6.27. The smallest absolute Gasteiger partial charge is 0.347 e. The second-order valence-electron chi connectivity index (χ2n) is 2.26. The molecule has 0 radical (unpaired) electrons. The maximum atomic E-state index is 10.5. The monoisotopic (exact) mass is 195 g/mol. The number of thiazole rings is 1. The third kappa shape index (κ3) is 1.43. The van der Waals surface area contributed by atoms with Crippen LogP contribution in [0.15, 0.2) is 24.7 Å². The summed E-state index contributed by atoms with van der Waals surface area (Å²) in [4.78, 5) is 14.7. The Bertz CT molecular complexity index is 421. The molecule has 0 aliphatic heterocycles. The lowest BCUT2D eigenvalue weighted by Crippen LogP contribution is -1.91. The Morgan fingerprint density at radius 3 is 3.00 bits per heavy atom. The van der Waals surface area contributed by atoms with E-state index in [4.69, 9.17) is 5.11 Å². The standard InChI is InChI=1S/C7H5N3O2S/c11-6(12)5-4-8-7(13-5)10-3-1-2-9-10/h1-4H,(H,11,12). The quantitative estimate of drug-likeness (QED) is 0.777. The Kier molecular flexibility index (Phi) is 1.82. The van der Waals surface area contributed by atoms with Crippen molar-refractivity contribution in [2.75, 3.05) is 0 Å². The number of hydrogen-bond donors (Lipinski definition) is 1. The maximum Gasteiger partial charge on any atom is 0.347 e. The Morgan fingerprint density at radius 2 is 2.46 bits per heavy atom. The Hall–Kier alpha value is -1.69. The highest BCUT2D eigenvalue weighted by Gasteiger charge is 2.09. The molecule has 0 atom stereocenters. The summed E-state index contributed by atoms with van der Waals surface area (Å²) >= 11 is 1.09. The summed E-state index contributed by atoms with van der Waals surface area (Å²) in [5.74, 6) is -0.962. The van der Waals surface area contributed by atoms with Crippen LogP contribution < -0.4 is 0 Å². The number of rotatable bonds is 2. The average Bonchev–Trinajstić information content (AvgIpc) is 2.75. The van der Waals surface area contributed by atoms with Crippen molar-refractivity contribution < 1.29 is 9.90 Å². The molecule has 2 rings (SSSR count). The fraction of sp³-hybridized carbons (Fsp3) is 0. The van der Waals surface area contributed by atoms with Gasteiger partial charge < -0.3 is 5.11 Å². The summed E-state index contributed by atoms with van der Waals surface area (Å²) in [7, 11) is 0. The van der Waals surface area contributed by atoms with Crippen molar-refractivity contribution in [1.82, 2.24) is 14.8 Å². The molecule has 0 aliphatic rings. The molecule has 0 aliphatic carbocycles. The first kappa shape index (κ1) is 7.93. The molecule has 0 bridgehead atoms. The van der Waals surface area contributed by atoms with Gasteiger partial charge in [0.05, 0.1) is 6.20 Å². The van der Waals surface area contributed by atoms with Crippen molar-refractivity contribution >= 4 is 17.3 Å². The van der Waals surface area contributed by atoms with Crippen molar-refractivity contribution in [3.05, 3.63) is 29.5 Å². The molecular weight excluding hydrogens is 190 g/mol. The van der Waals surface area contributed by atoms with Crippen molar-refractivity contribution in [2.24, 2.45) is 0 Å². The molecule has 0 amide bonds. The van der Waals surface area contributed by atoms with E-state index in [9.17, 15) is 4.79 Å². The normalized spacial score (nSPS) is 10.2. The number of aromatic carboxylic acids is 1. The molecule has 0 spiro atoms. The third-order valence-corrected chi connectivity index (χ3v) is 2.38. The van der Waals surface area contributed by atoms with Crippen molar-refractivity contribution in [2.45, 2.75) is 0 Å². The molecule has 6 heteroatoms. The Morgan fingerprint density at radius 1 is 1.62 bits per heavy atom. The molecule has 2 aromatic heterocycles. The van der Waals surface area contributed by atoms with Gasteiger partial charge in [0.1, 0.15) is 4.88 Å². The lowest BCUT2D eigenvalue weighted by Gasteiger charge is -1.90. The molecule has 0 aromatic carbocycles. The van der Waals surface area contributed by atoms with E-state index in [2.05, 4.69) is 10.1 Å². The molecule has 13 heavy (non-hydrogen) atoms. The SMILES string of the molecule is O=C(O)c1cnc(-n2cccn2)s1. The first-order valence-electron chi connectivity index (χ1n) is 3.46. The molecule has 66 valence electrons. The van der Waals surface area contributed by atoms with Gasteiger partial charge in [-0.25, -0.2) is 14.5 Å². The number of carboxylic acids is 1. The predicted octanol–water partition coefficient (Wildman–Crippen LogP) is 1.03. The van der Waals surface area contributed by atoms with Gasteiger partial charge in [-0.1, -0.05) is 11.3 Å². The number of hydrogen-bond acceptors (Lipinski definition) is 4. The zero-order valence-electron chi connectivity index (χ0n) is 6.41. The van der Waals surface area contributed by atoms with E-state index in [1.54, 1.807) is 18.5 Å². The largest absolute Gasteiger partial charge is 0.477 e. The predicted molar refractivity (Wildman–Crippen MR) is 46.2 cm³/mol. The summed E-state index contributed by atoms with van der Waals surface area (Å²) in [5.41, 5.74) is 0. The minimum absolute atomic E-state index is 0.213. The molecule has 0 saturated heterocycles. The molecular formula is C7H5N3O2S. The van der Waals surface area contributed by atoms with Gasteiger partial charge in [-0.2, -0.15) is 5.10 Å². The lowest BCUT2D eigenvalue weighted by atomic mass is 10.6. The van der Waals surface area contributed by atoms with Gasteiger partial charge in [-0.3, -0.25) is 0 Å². The van der Waals surface area contributed by atoms with E-state index in [0.29, 0.717) is 5.13 Å². The van der Waals surface area contributed by atoms with Crippen LogP contribution in [0.2, 0.25) is 0 Å². The van der Waals surface area contributed by atoms with Crippen molar-refractivity contribution in [3.63, 3.8) is 0 Å². The van der Waals surface area contributed by atoms with Gasteiger partial charge >= 0.3 is 5.97 Å². The van der Waals surface area contributed by atoms with E-state index in [1.165, 1.54) is 10.9 Å². The van der Waals surface area contributed by atoms with Gasteiger partial charge in [0.15, 0.2) is 0 Å². The van der Waals surface area contributed by atoms with E-state index in [0.717, 1.165) is 11.3 Å². The van der Waals surface area contributed by atoms with Crippen LogP contribution >= 0.6 is 11.3 Å². The van der Waals surface area contributed by atoms with Gasteiger partial charge in [0.25, 0.3) is 0 Å². The number of carboxylic acid groups (broad SMARTS) is 1. The molecule has 0 saturated carbocycles. The van der Waals surface area contributed by atoms with E-state index >= 15 is 0 Å². The topological polar surface area (TPSA) is 68.0 Å². The average molecular weight is 195 g/mol. The minimum atomic E-state index is -0.962. The highest BCUT2D eigenvalue weighted by molar-refractivity contribution is 7.15. The zero-order valence-corrected chi connectivity index (χ0v) is 7.23.